The summed E-state index contributed by atoms with van der Waals surface area (Å²) in [6.45, 7) is 11.2. The van der Waals surface area contributed by atoms with Gasteiger partial charge >= 0.3 is 6.03 Å². The molecule has 39 heavy (non-hydrogen) atoms. The highest BCUT2D eigenvalue weighted by Crippen LogP contribution is 2.25. The van der Waals surface area contributed by atoms with Gasteiger partial charge in [0.2, 0.25) is 5.91 Å². The number of aryl methyl sites for hydroxylation is 2. The summed E-state index contributed by atoms with van der Waals surface area (Å²) in [5.41, 5.74) is 3.56. The van der Waals surface area contributed by atoms with Crippen LogP contribution in [-0.4, -0.2) is 104 Å². The van der Waals surface area contributed by atoms with E-state index in [9.17, 15) is 9.59 Å². The summed E-state index contributed by atoms with van der Waals surface area (Å²) in [4.78, 5) is 41.0. The fourth-order valence-electron chi connectivity index (χ4n) is 4.69. The van der Waals surface area contributed by atoms with Crippen LogP contribution in [0.4, 0.5) is 16.3 Å². The Bertz CT molecular complexity index is 1190. The molecule has 2 fully saturated rings. The maximum atomic E-state index is 13.8. The van der Waals surface area contributed by atoms with Crippen LogP contribution >= 0.6 is 0 Å². The topological polar surface area (TPSA) is 115 Å². The number of carbonyl (C=O) groups excluding carboxylic acids is 2. The van der Waals surface area contributed by atoms with Crippen LogP contribution < -0.4 is 20.9 Å². The third-order valence-corrected chi connectivity index (χ3v) is 6.91. The lowest BCUT2D eigenvalue weighted by Gasteiger charge is -2.32. The first-order valence-electron chi connectivity index (χ1n) is 13.4. The van der Waals surface area contributed by atoms with Crippen LogP contribution in [0.15, 0.2) is 24.5 Å². The molecule has 3 amide bonds. The lowest BCUT2D eigenvalue weighted by molar-refractivity contribution is -0.122. The van der Waals surface area contributed by atoms with Crippen LogP contribution in [0.3, 0.4) is 0 Å². The minimum absolute atomic E-state index is 0.0198. The molecule has 0 aliphatic carbocycles. The fraction of sp³-hybridized carbons (Fsp3) is 0.500. The van der Waals surface area contributed by atoms with Gasteiger partial charge in [0.05, 0.1) is 32.1 Å². The van der Waals surface area contributed by atoms with E-state index in [1.165, 1.54) is 0 Å². The molecule has 2 aliphatic heterocycles. The molecule has 0 saturated carbocycles. The van der Waals surface area contributed by atoms with E-state index in [-0.39, 0.29) is 11.9 Å². The molecule has 0 spiro atoms. The maximum Gasteiger partial charge on any atom is 0.328 e. The molecule has 0 unspecified atom stereocenters. The van der Waals surface area contributed by atoms with Gasteiger partial charge in [0, 0.05) is 58.2 Å². The Morgan fingerprint density at radius 2 is 1.92 bits per heavy atom. The van der Waals surface area contributed by atoms with E-state index in [0.29, 0.717) is 56.6 Å². The van der Waals surface area contributed by atoms with Crippen LogP contribution in [0, 0.1) is 26.2 Å². The predicted molar refractivity (Wildman–Crippen MR) is 151 cm³/mol. The third-order valence-electron chi connectivity index (χ3n) is 6.91. The van der Waals surface area contributed by atoms with Gasteiger partial charge in [-0.1, -0.05) is 0 Å². The Morgan fingerprint density at radius 3 is 2.64 bits per heavy atom. The number of hydrogen-bond donors (Lipinski definition) is 3. The van der Waals surface area contributed by atoms with Crippen LogP contribution in [0.5, 0.6) is 0 Å². The predicted octanol–water partition coefficient (Wildman–Crippen LogP) is 0.967. The highest BCUT2D eigenvalue weighted by Gasteiger charge is 2.24. The molecular formula is C28H38N8O3. The Morgan fingerprint density at radius 1 is 1.15 bits per heavy atom. The zero-order valence-electron chi connectivity index (χ0n) is 22.8. The number of terminal acetylenes is 1. The Kier molecular flexibility index (Phi) is 10.2. The molecule has 0 radical (unpaired) electrons. The second-order valence-corrected chi connectivity index (χ2v) is 9.84. The summed E-state index contributed by atoms with van der Waals surface area (Å²) < 4.78 is 5.48. The number of pyridine rings is 2. The van der Waals surface area contributed by atoms with Crippen molar-refractivity contribution in [1.82, 2.24) is 30.4 Å². The van der Waals surface area contributed by atoms with Gasteiger partial charge in [0.25, 0.3) is 0 Å². The minimum Gasteiger partial charge on any atom is -0.379 e. The van der Waals surface area contributed by atoms with Gasteiger partial charge in [-0.25, -0.2) is 14.8 Å². The number of carbonyl (C=O) groups is 2. The summed E-state index contributed by atoms with van der Waals surface area (Å²) in [7, 11) is 0. The third kappa shape index (κ3) is 7.97. The summed E-state index contributed by atoms with van der Waals surface area (Å²) in [5, 5.41) is 9.34. The van der Waals surface area contributed by atoms with Gasteiger partial charge in [-0.15, -0.1) is 6.42 Å². The van der Waals surface area contributed by atoms with Gasteiger partial charge in [-0.2, -0.15) is 0 Å². The standard InChI is InChI=1S/C28H38N8O3/c1-4-24-27(23(22(3)18-32-24)6-8-31-26(37)19-34-11-9-29-10-12-34)33-28(38)36(20-35-13-15-39-16-14-35)25-17-21(2)5-7-30-25/h1,5,7,17-18,29H,6,8-16,19-20H2,2-3H3,(H,31,37)(H,33,38). The maximum absolute atomic E-state index is 13.8. The van der Waals surface area contributed by atoms with Gasteiger partial charge in [-0.05, 0) is 55.0 Å². The smallest absolute Gasteiger partial charge is 0.328 e. The largest absolute Gasteiger partial charge is 0.379 e. The number of morpholine rings is 1. The Hall–Kier alpha value is -3.56. The number of rotatable bonds is 9. The van der Waals surface area contributed by atoms with E-state index in [1.54, 1.807) is 17.3 Å². The zero-order valence-corrected chi connectivity index (χ0v) is 22.8. The average Bonchev–Trinajstić information content (AvgIpc) is 2.94. The molecule has 3 N–H and O–H groups in total. The molecule has 11 heteroatoms. The van der Waals surface area contributed by atoms with Gasteiger partial charge in [0.1, 0.15) is 11.5 Å². The van der Waals surface area contributed by atoms with E-state index in [0.717, 1.165) is 56.0 Å². The lowest BCUT2D eigenvalue weighted by Crippen LogP contribution is -2.48. The number of anilines is 2. The van der Waals surface area contributed by atoms with Gasteiger partial charge < -0.3 is 20.7 Å². The SMILES string of the molecule is C#Cc1ncc(C)c(CCNC(=O)CN2CCNCC2)c1NC(=O)N(CN1CCOCC1)c1cc(C)ccn1. The number of aromatic nitrogens is 2. The van der Waals surface area contributed by atoms with Crippen LogP contribution in [0.1, 0.15) is 22.4 Å². The van der Waals surface area contributed by atoms with Crippen molar-refractivity contribution in [1.29, 1.82) is 0 Å². The Labute approximate surface area is 230 Å². The van der Waals surface area contributed by atoms with E-state index < -0.39 is 0 Å². The van der Waals surface area contributed by atoms with E-state index in [2.05, 4.69) is 41.6 Å². The molecule has 208 valence electrons. The highest BCUT2D eigenvalue weighted by atomic mass is 16.5. The first-order valence-corrected chi connectivity index (χ1v) is 13.4. The van der Waals surface area contributed by atoms with Crippen LogP contribution in [-0.2, 0) is 16.0 Å². The molecule has 0 atom stereocenters. The number of piperazine rings is 1. The van der Waals surface area contributed by atoms with Crippen LogP contribution in [0.25, 0.3) is 0 Å². The molecular weight excluding hydrogens is 496 g/mol. The molecule has 4 rings (SSSR count). The minimum atomic E-state index is -0.354. The molecule has 2 aliphatic rings. The average molecular weight is 535 g/mol. The molecule has 2 aromatic heterocycles. The van der Waals surface area contributed by atoms with Gasteiger partial charge in [-0.3, -0.25) is 19.5 Å². The van der Waals surface area contributed by atoms with E-state index in [4.69, 9.17) is 11.2 Å². The van der Waals surface area contributed by atoms with Crippen molar-refractivity contribution < 1.29 is 14.3 Å². The molecule has 2 saturated heterocycles. The summed E-state index contributed by atoms with van der Waals surface area (Å²) in [6, 6.07) is 3.42. The number of nitrogens with zero attached hydrogens (tertiary/aromatic N) is 5. The summed E-state index contributed by atoms with van der Waals surface area (Å²) in [6.07, 6.45) is 9.69. The lowest BCUT2D eigenvalue weighted by atomic mass is 10.0. The van der Waals surface area contributed by atoms with Gasteiger partial charge in [0.15, 0.2) is 0 Å². The molecule has 4 heterocycles. The van der Waals surface area contributed by atoms with E-state index in [1.807, 2.05) is 26.0 Å². The van der Waals surface area contributed by atoms with Crippen molar-refractivity contribution in [3.05, 3.63) is 46.9 Å². The van der Waals surface area contributed by atoms with Crippen molar-refractivity contribution in [2.45, 2.75) is 20.3 Å². The summed E-state index contributed by atoms with van der Waals surface area (Å²) >= 11 is 0. The number of nitrogens with one attached hydrogen (secondary N) is 3. The normalized spacial score (nSPS) is 16.3. The molecule has 0 aromatic carbocycles. The second kappa shape index (κ2) is 14.0. The zero-order chi connectivity index (χ0) is 27.6. The van der Waals surface area contributed by atoms with Crippen molar-refractivity contribution >= 4 is 23.4 Å². The van der Waals surface area contributed by atoms with E-state index >= 15 is 0 Å². The first-order chi connectivity index (χ1) is 18.9. The molecule has 2 aromatic rings. The number of amides is 3. The van der Waals surface area contributed by atoms with Crippen molar-refractivity contribution in [3.63, 3.8) is 0 Å². The van der Waals surface area contributed by atoms with Crippen LogP contribution in [0.2, 0.25) is 0 Å². The number of hydrogen-bond acceptors (Lipinski definition) is 8. The summed E-state index contributed by atoms with van der Waals surface area (Å²) in [5.74, 6) is 3.13. The second-order valence-electron chi connectivity index (χ2n) is 9.84. The molecule has 11 nitrogen and oxygen atoms in total. The quantitative estimate of drug-likeness (QED) is 0.408. The number of ether oxygens (including phenoxy) is 1. The Balaban J connectivity index is 1.49. The van der Waals surface area contributed by atoms with Crippen molar-refractivity contribution in [2.24, 2.45) is 0 Å². The molecule has 0 bridgehead atoms. The first kappa shape index (κ1) is 28.4. The monoisotopic (exact) mass is 534 g/mol. The fourth-order valence-corrected chi connectivity index (χ4v) is 4.69. The van der Waals surface area contributed by atoms with Crippen molar-refractivity contribution in [2.75, 3.05) is 82.5 Å². The van der Waals surface area contributed by atoms with Crippen molar-refractivity contribution in [3.8, 4) is 12.3 Å². The highest BCUT2D eigenvalue weighted by molar-refractivity contribution is 6.02. The number of urea groups is 1.